The Balaban J connectivity index is 1.38. The van der Waals surface area contributed by atoms with Crippen LogP contribution in [-0.4, -0.2) is 64.1 Å². The van der Waals surface area contributed by atoms with E-state index >= 15 is 0 Å². The maximum absolute atomic E-state index is 12.6. The highest BCUT2D eigenvalue weighted by atomic mass is 16.6. The summed E-state index contributed by atoms with van der Waals surface area (Å²) in [6, 6.07) is 7.84. The van der Waals surface area contributed by atoms with E-state index in [0.717, 1.165) is 36.2 Å². The Morgan fingerprint density at radius 2 is 2.20 bits per heavy atom. The maximum Gasteiger partial charge on any atom is 0.410 e. The van der Waals surface area contributed by atoms with E-state index in [0.29, 0.717) is 25.9 Å². The molecule has 7 nitrogen and oxygen atoms in total. The summed E-state index contributed by atoms with van der Waals surface area (Å²) in [6.07, 6.45) is 2.36. The summed E-state index contributed by atoms with van der Waals surface area (Å²) >= 11 is 0. The van der Waals surface area contributed by atoms with Crippen LogP contribution in [0.1, 0.15) is 25.1 Å². The van der Waals surface area contributed by atoms with Crippen molar-refractivity contribution in [2.24, 2.45) is 0 Å². The van der Waals surface area contributed by atoms with Crippen LogP contribution in [0.4, 0.5) is 4.79 Å². The molecule has 2 amide bonds. The third-order valence-electron chi connectivity index (χ3n) is 5.05. The van der Waals surface area contributed by atoms with Gasteiger partial charge in [-0.05, 0) is 25.0 Å². The Bertz CT molecular complexity index is 785. The van der Waals surface area contributed by atoms with Crippen molar-refractivity contribution >= 4 is 23.0 Å². The lowest BCUT2D eigenvalue weighted by molar-refractivity contribution is -0.136. The largest absolute Gasteiger partial charge is 0.439 e. The van der Waals surface area contributed by atoms with Crippen molar-refractivity contribution < 1.29 is 14.3 Å². The minimum Gasteiger partial charge on any atom is -0.439 e. The van der Waals surface area contributed by atoms with Gasteiger partial charge in [-0.15, -0.1) is 0 Å². The predicted molar refractivity (Wildman–Crippen MR) is 92.1 cm³/mol. The first-order valence-electron chi connectivity index (χ1n) is 8.70. The smallest absolute Gasteiger partial charge is 0.410 e. The van der Waals surface area contributed by atoms with E-state index in [1.807, 2.05) is 29.2 Å². The van der Waals surface area contributed by atoms with Gasteiger partial charge in [-0.1, -0.05) is 12.1 Å². The third-order valence-corrected chi connectivity index (χ3v) is 5.05. The highest BCUT2D eigenvalue weighted by Gasteiger charge is 2.47. The van der Waals surface area contributed by atoms with Gasteiger partial charge in [-0.3, -0.25) is 4.79 Å². The minimum atomic E-state index is -0.529. The number of carbonyl (C=O) groups is 2. The van der Waals surface area contributed by atoms with Gasteiger partial charge in [-0.2, -0.15) is 0 Å². The number of benzene rings is 1. The number of likely N-dealkylation sites (N-methyl/N-ethyl adjacent to an activating group) is 1. The molecule has 3 heterocycles. The number of carbonyl (C=O) groups excluding carboxylic acids is 2. The Morgan fingerprint density at radius 3 is 2.96 bits per heavy atom. The number of imidazole rings is 1. The number of hydrogen-bond donors (Lipinski definition) is 1. The molecular formula is C18H22N4O3. The zero-order valence-electron chi connectivity index (χ0n) is 14.3. The molecule has 4 rings (SSSR count). The number of likely N-dealkylation sites (tertiary alicyclic amines) is 1. The lowest BCUT2D eigenvalue weighted by atomic mass is 9.92. The van der Waals surface area contributed by atoms with Gasteiger partial charge in [0.25, 0.3) is 0 Å². The first-order chi connectivity index (χ1) is 12.0. The number of aryl methyl sites for hydroxylation is 1. The fourth-order valence-corrected chi connectivity index (χ4v) is 3.82. The molecule has 2 aliphatic rings. The minimum absolute atomic E-state index is 0.0881. The monoisotopic (exact) mass is 342 g/mol. The molecule has 2 aliphatic heterocycles. The Kier molecular flexibility index (Phi) is 3.86. The van der Waals surface area contributed by atoms with E-state index in [-0.39, 0.29) is 12.0 Å². The molecule has 0 radical (unpaired) electrons. The SMILES string of the molecule is CN1C[C@@]2(CCCN(C(=O)CCc3nc4ccccc4[nH]3)C2)OC1=O. The number of piperidine rings is 1. The van der Waals surface area contributed by atoms with Crippen molar-refractivity contribution in [3.8, 4) is 0 Å². The number of rotatable bonds is 3. The maximum atomic E-state index is 12.6. The Labute approximate surface area is 146 Å². The van der Waals surface area contributed by atoms with Crippen LogP contribution in [0, 0.1) is 0 Å². The van der Waals surface area contributed by atoms with Gasteiger partial charge in [0.2, 0.25) is 5.91 Å². The van der Waals surface area contributed by atoms with Crippen molar-refractivity contribution in [2.45, 2.75) is 31.3 Å². The molecule has 1 aromatic carbocycles. The third kappa shape index (κ3) is 3.06. The van der Waals surface area contributed by atoms with Gasteiger partial charge in [0.1, 0.15) is 11.4 Å². The van der Waals surface area contributed by atoms with Crippen molar-refractivity contribution in [3.63, 3.8) is 0 Å². The Hall–Kier alpha value is -2.57. The van der Waals surface area contributed by atoms with E-state index in [1.54, 1.807) is 11.9 Å². The molecule has 1 N–H and O–H groups in total. The molecule has 0 unspecified atom stereocenters. The number of aromatic amines is 1. The van der Waals surface area contributed by atoms with Gasteiger partial charge in [0.05, 0.1) is 24.1 Å². The fraction of sp³-hybridized carbons (Fsp3) is 0.500. The number of nitrogens with one attached hydrogen (secondary N) is 1. The zero-order chi connectivity index (χ0) is 17.4. The Morgan fingerprint density at radius 1 is 1.36 bits per heavy atom. The molecule has 132 valence electrons. The predicted octanol–water partition coefficient (Wildman–Crippen LogP) is 1.94. The van der Waals surface area contributed by atoms with E-state index in [9.17, 15) is 9.59 Å². The van der Waals surface area contributed by atoms with Crippen molar-refractivity contribution in [1.29, 1.82) is 0 Å². The van der Waals surface area contributed by atoms with Crippen LogP contribution >= 0.6 is 0 Å². The van der Waals surface area contributed by atoms with Gasteiger partial charge in [0, 0.05) is 26.4 Å². The topological polar surface area (TPSA) is 78.5 Å². The molecule has 0 saturated carbocycles. The summed E-state index contributed by atoms with van der Waals surface area (Å²) in [6.45, 7) is 1.77. The summed E-state index contributed by atoms with van der Waals surface area (Å²) in [4.78, 5) is 35.5. The highest BCUT2D eigenvalue weighted by Crippen LogP contribution is 2.31. The molecule has 2 aromatic rings. The van der Waals surface area contributed by atoms with Crippen LogP contribution < -0.4 is 0 Å². The average molecular weight is 342 g/mol. The molecule has 2 fully saturated rings. The number of fused-ring (bicyclic) bond motifs is 1. The number of nitrogens with zero attached hydrogens (tertiary/aromatic N) is 3. The van der Waals surface area contributed by atoms with Crippen LogP contribution in [-0.2, 0) is 16.0 Å². The number of amides is 2. The summed E-state index contributed by atoms with van der Waals surface area (Å²) < 4.78 is 5.56. The molecule has 0 aliphatic carbocycles. The van der Waals surface area contributed by atoms with Crippen LogP contribution in [0.25, 0.3) is 11.0 Å². The van der Waals surface area contributed by atoms with Crippen LogP contribution in [0.15, 0.2) is 24.3 Å². The van der Waals surface area contributed by atoms with Gasteiger partial charge in [0.15, 0.2) is 0 Å². The van der Waals surface area contributed by atoms with Gasteiger partial charge < -0.3 is 19.5 Å². The average Bonchev–Trinajstić information content (AvgIpc) is 3.13. The van der Waals surface area contributed by atoms with Crippen molar-refractivity contribution in [1.82, 2.24) is 19.8 Å². The quantitative estimate of drug-likeness (QED) is 0.924. The van der Waals surface area contributed by atoms with E-state index in [2.05, 4.69) is 9.97 Å². The zero-order valence-corrected chi connectivity index (χ0v) is 14.3. The normalized spacial score (nSPS) is 23.5. The van der Waals surface area contributed by atoms with E-state index in [4.69, 9.17) is 4.74 Å². The number of aromatic nitrogens is 2. The van der Waals surface area contributed by atoms with Crippen LogP contribution in [0.3, 0.4) is 0 Å². The molecule has 1 spiro atoms. The number of hydrogen-bond acceptors (Lipinski definition) is 4. The van der Waals surface area contributed by atoms with Gasteiger partial charge >= 0.3 is 6.09 Å². The lowest BCUT2D eigenvalue weighted by Crippen LogP contribution is -2.52. The van der Waals surface area contributed by atoms with Gasteiger partial charge in [-0.25, -0.2) is 9.78 Å². The van der Waals surface area contributed by atoms with E-state index in [1.165, 1.54) is 0 Å². The standard InChI is InChI=1S/C18H22N4O3/c1-21-11-18(25-17(21)24)9-4-10-22(12-18)16(23)8-7-15-19-13-5-2-3-6-14(13)20-15/h2-3,5-6H,4,7-12H2,1H3,(H,19,20)/t18-/m1/s1. The first-order valence-corrected chi connectivity index (χ1v) is 8.70. The fourth-order valence-electron chi connectivity index (χ4n) is 3.82. The molecule has 25 heavy (non-hydrogen) atoms. The van der Waals surface area contributed by atoms with E-state index < -0.39 is 5.60 Å². The second-order valence-electron chi connectivity index (χ2n) is 7.03. The summed E-state index contributed by atoms with van der Waals surface area (Å²) in [5, 5.41) is 0. The molecule has 2 saturated heterocycles. The van der Waals surface area contributed by atoms with Crippen molar-refractivity contribution in [2.75, 3.05) is 26.7 Å². The molecular weight excluding hydrogens is 320 g/mol. The molecule has 7 heteroatoms. The summed E-state index contributed by atoms with van der Waals surface area (Å²) in [5.74, 6) is 0.915. The molecule has 1 atom stereocenters. The summed E-state index contributed by atoms with van der Waals surface area (Å²) in [7, 11) is 1.74. The molecule has 0 bridgehead atoms. The second kappa shape index (κ2) is 6.06. The number of H-pyrrole nitrogens is 1. The lowest BCUT2D eigenvalue weighted by Gasteiger charge is -2.38. The first kappa shape index (κ1) is 15.9. The van der Waals surface area contributed by atoms with Crippen LogP contribution in [0.5, 0.6) is 0 Å². The van der Waals surface area contributed by atoms with Crippen LogP contribution in [0.2, 0.25) is 0 Å². The second-order valence-corrected chi connectivity index (χ2v) is 7.03. The molecule has 1 aromatic heterocycles. The number of para-hydroxylation sites is 2. The van der Waals surface area contributed by atoms with Crippen molar-refractivity contribution in [3.05, 3.63) is 30.1 Å². The number of ether oxygens (including phenoxy) is 1. The summed E-state index contributed by atoms with van der Waals surface area (Å²) in [5.41, 5.74) is 1.38. The highest BCUT2D eigenvalue weighted by molar-refractivity contribution is 5.78.